The molecule has 0 amide bonds. The molecule has 1 N–H and O–H groups in total. The summed E-state index contributed by atoms with van der Waals surface area (Å²) in [7, 11) is 1.72. The molecule has 6 heteroatoms. The van der Waals surface area contributed by atoms with E-state index >= 15 is 0 Å². The zero-order valence-electron chi connectivity index (χ0n) is 13.5. The fourth-order valence-electron chi connectivity index (χ4n) is 3.00. The molecule has 1 atom stereocenters. The van der Waals surface area contributed by atoms with E-state index in [1.165, 1.54) is 16.0 Å². The van der Waals surface area contributed by atoms with Gasteiger partial charge in [0.05, 0.1) is 13.2 Å². The molecular weight excluding hydrogens is 351 g/mol. The number of ether oxygens (including phenoxy) is 1. The number of hydrogen-bond donors (Lipinski definition) is 1. The highest BCUT2D eigenvalue weighted by Gasteiger charge is 2.25. The minimum atomic E-state index is 0. The molecule has 2 aromatic rings. The van der Waals surface area contributed by atoms with Gasteiger partial charge in [0.2, 0.25) is 0 Å². The van der Waals surface area contributed by atoms with Crippen molar-refractivity contribution in [3.05, 3.63) is 51.7 Å². The Morgan fingerprint density at radius 3 is 2.48 bits per heavy atom. The molecule has 0 spiro atoms. The third-order valence-corrected chi connectivity index (χ3v) is 5.03. The van der Waals surface area contributed by atoms with Crippen molar-refractivity contribution in [2.24, 2.45) is 0 Å². The number of benzene rings is 1. The number of methoxy groups -OCH3 is 1. The lowest BCUT2D eigenvalue weighted by Crippen LogP contribution is -2.45. The molecule has 1 aromatic carbocycles. The topological polar surface area (TPSA) is 24.5 Å². The van der Waals surface area contributed by atoms with Crippen LogP contribution in [0.25, 0.3) is 0 Å². The number of aryl methyl sites for hydroxylation is 1. The second-order valence-corrected chi connectivity index (χ2v) is 6.41. The largest absolute Gasteiger partial charge is 0.497 e. The number of nitrogens with zero attached hydrogens (tertiary/aromatic N) is 1. The maximum absolute atomic E-state index is 5.34. The lowest BCUT2D eigenvalue weighted by Gasteiger charge is -2.35. The van der Waals surface area contributed by atoms with Gasteiger partial charge in [0, 0.05) is 31.1 Å². The Labute approximate surface area is 154 Å². The van der Waals surface area contributed by atoms with Gasteiger partial charge in [-0.2, -0.15) is 0 Å². The van der Waals surface area contributed by atoms with Crippen LogP contribution >= 0.6 is 36.2 Å². The van der Waals surface area contributed by atoms with Gasteiger partial charge in [-0.1, -0.05) is 12.1 Å². The fraction of sp³-hybridized carbons (Fsp3) is 0.412. The van der Waals surface area contributed by atoms with Gasteiger partial charge >= 0.3 is 0 Å². The van der Waals surface area contributed by atoms with Crippen molar-refractivity contribution in [3.8, 4) is 5.75 Å². The predicted molar refractivity (Wildman–Crippen MR) is 103 cm³/mol. The van der Waals surface area contributed by atoms with Crippen LogP contribution in [0.1, 0.15) is 22.0 Å². The summed E-state index contributed by atoms with van der Waals surface area (Å²) in [4.78, 5) is 4.00. The van der Waals surface area contributed by atoms with Crippen LogP contribution in [-0.2, 0) is 0 Å². The molecule has 3 rings (SSSR count). The van der Waals surface area contributed by atoms with E-state index in [-0.39, 0.29) is 24.8 Å². The molecule has 1 aromatic heterocycles. The van der Waals surface area contributed by atoms with Crippen molar-refractivity contribution in [2.45, 2.75) is 13.0 Å². The standard InChI is InChI=1S/C17H22N2OS.2ClH/c1-13-12-14(20-2)5-6-15(13)17(16-4-3-11-21-16)19-9-7-18-8-10-19;;/h3-6,11-12,17-18H,7-10H2,1-2H3;2*1H/t17-;;/m0../s1. The number of hydrogen-bond acceptors (Lipinski definition) is 4. The average Bonchev–Trinajstić information content (AvgIpc) is 3.04. The second-order valence-electron chi connectivity index (χ2n) is 5.43. The summed E-state index contributed by atoms with van der Waals surface area (Å²) < 4.78 is 5.34. The third-order valence-electron chi connectivity index (χ3n) is 4.10. The minimum Gasteiger partial charge on any atom is -0.497 e. The molecule has 0 radical (unpaired) electrons. The first-order valence-electron chi connectivity index (χ1n) is 7.42. The van der Waals surface area contributed by atoms with Crippen LogP contribution in [0.15, 0.2) is 35.7 Å². The number of piperazine rings is 1. The lowest BCUT2D eigenvalue weighted by molar-refractivity contribution is 0.200. The van der Waals surface area contributed by atoms with Crippen molar-refractivity contribution in [3.63, 3.8) is 0 Å². The molecule has 0 bridgehead atoms. The van der Waals surface area contributed by atoms with Crippen molar-refractivity contribution < 1.29 is 4.74 Å². The Morgan fingerprint density at radius 1 is 1.17 bits per heavy atom. The highest BCUT2D eigenvalue weighted by molar-refractivity contribution is 7.10. The first kappa shape index (κ1) is 20.3. The molecule has 3 nitrogen and oxygen atoms in total. The third kappa shape index (κ3) is 4.61. The number of thiophene rings is 1. The monoisotopic (exact) mass is 374 g/mol. The summed E-state index contributed by atoms with van der Waals surface area (Å²) in [5, 5.41) is 5.61. The summed E-state index contributed by atoms with van der Waals surface area (Å²) >= 11 is 1.84. The van der Waals surface area contributed by atoms with Crippen molar-refractivity contribution >= 4 is 36.2 Å². The molecule has 0 aliphatic carbocycles. The van der Waals surface area contributed by atoms with Crippen LogP contribution in [0.2, 0.25) is 0 Å². The summed E-state index contributed by atoms with van der Waals surface area (Å²) in [6, 6.07) is 11.2. The Kier molecular flexibility index (Phi) is 8.37. The molecule has 1 fully saturated rings. The van der Waals surface area contributed by atoms with E-state index in [9.17, 15) is 0 Å². The van der Waals surface area contributed by atoms with Crippen molar-refractivity contribution in [2.75, 3.05) is 33.3 Å². The van der Waals surface area contributed by atoms with E-state index in [0.29, 0.717) is 6.04 Å². The number of rotatable bonds is 4. The Bertz CT molecular complexity index is 586. The minimum absolute atomic E-state index is 0. The molecule has 0 saturated carbocycles. The SMILES string of the molecule is COc1ccc([C@@H](c2cccs2)N2CCNCC2)c(C)c1.Cl.Cl. The second kappa shape index (κ2) is 9.50. The van der Waals surface area contributed by atoms with Crippen LogP contribution < -0.4 is 10.1 Å². The van der Waals surface area contributed by atoms with Crippen LogP contribution in [0, 0.1) is 6.92 Å². The van der Waals surface area contributed by atoms with Crippen LogP contribution in [0.4, 0.5) is 0 Å². The van der Waals surface area contributed by atoms with Crippen molar-refractivity contribution in [1.82, 2.24) is 10.2 Å². The zero-order chi connectivity index (χ0) is 14.7. The molecule has 1 aliphatic heterocycles. The zero-order valence-corrected chi connectivity index (χ0v) is 15.9. The lowest BCUT2D eigenvalue weighted by atomic mass is 9.97. The van der Waals surface area contributed by atoms with Gasteiger partial charge in [-0.25, -0.2) is 0 Å². The summed E-state index contributed by atoms with van der Waals surface area (Å²) in [5.41, 5.74) is 2.69. The highest BCUT2D eigenvalue weighted by atomic mass is 35.5. The van der Waals surface area contributed by atoms with E-state index in [2.05, 4.69) is 52.9 Å². The molecular formula is C17H24Cl2N2OS. The van der Waals surface area contributed by atoms with E-state index < -0.39 is 0 Å². The van der Waals surface area contributed by atoms with Crippen LogP contribution in [0.3, 0.4) is 0 Å². The molecule has 2 heterocycles. The predicted octanol–water partition coefficient (Wildman–Crippen LogP) is 3.90. The van der Waals surface area contributed by atoms with Crippen LogP contribution in [-0.4, -0.2) is 38.2 Å². The van der Waals surface area contributed by atoms with Crippen molar-refractivity contribution in [1.29, 1.82) is 0 Å². The molecule has 0 unspecified atom stereocenters. The summed E-state index contributed by atoms with van der Waals surface area (Å²) in [5.74, 6) is 0.932. The van der Waals surface area contributed by atoms with Gasteiger partial charge in [-0.05, 0) is 41.6 Å². The maximum Gasteiger partial charge on any atom is 0.119 e. The van der Waals surface area contributed by atoms with E-state index in [0.717, 1.165) is 31.9 Å². The highest BCUT2D eigenvalue weighted by Crippen LogP contribution is 2.34. The van der Waals surface area contributed by atoms with Gasteiger partial charge in [-0.3, -0.25) is 4.90 Å². The quantitative estimate of drug-likeness (QED) is 0.877. The van der Waals surface area contributed by atoms with Crippen LogP contribution in [0.5, 0.6) is 5.75 Å². The first-order valence-corrected chi connectivity index (χ1v) is 8.30. The molecule has 23 heavy (non-hydrogen) atoms. The average molecular weight is 375 g/mol. The smallest absolute Gasteiger partial charge is 0.119 e. The van der Waals surface area contributed by atoms with Gasteiger partial charge in [0.25, 0.3) is 0 Å². The Balaban J connectivity index is 0.00000132. The first-order chi connectivity index (χ1) is 10.3. The van der Waals surface area contributed by atoms with E-state index in [1.807, 2.05) is 11.3 Å². The van der Waals surface area contributed by atoms with E-state index in [1.54, 1.807) is 7.11 Å². The van der Waals surface area contributed by atoms with E-state index in [4.69, 9.17) is 4.74 Å². The summed E-state index contributed by atoms with van der Waals surface area (Å²) in [6.45, 7) is 6.50. The summed E-state index contributed by atoms with van der Waals surface area (Å²) in [6.07, 6.45) is 0. The fourth-order valence-corrected chi connectivity index (χ4v) is 3.88. The van der Waals surface area contributed by atoms with Gasteiger partial charge in [0.1, 0.15) is 5.75 Å². The van der Waals surface area contributed by atoms with Gasteiger partial charge in [-0.15, -0.1) is 36.2 Å². The van der Waals surface area contributed by atoms with Gasteiger partial charge < -0.3 is 10.1 Å². The normalized spacial score (nSPS) is 16.1. The number of halogens is 2. The van der Waals surface area contributed by atoms with Gasteiger partial charge in [0.15, 0.2) is 0 Å². The maximum atomic E-state index is 5.34. The Morgan fingerprint density at radius 2 is 1.91 bits per heavy atom. The Hall–Kier alpha value is -0.780. The number of nitrogens with one attached hydrogen (secondary N) is 1. The molecule has 128 valence electrons. The molecule has 1 aliphatic rings. The molecule has 1 saturated heterocycles.